The number of thiol groups is 1. The van der Waals surface area contributed by atoms with Crippen molar-refractivity contribution < 1.29 is 8.42 Å². The third-order valence-corrected chi connectivity index (χ3v) is 0.316. The number of rotatable bonds is 1. The van der Waals surface area contributed by atoms with Crippen LogP contribution in [0, 0.1) is 0 Å². The van der Waals surface area contributed by atoms with Gasteiger partial charge in [-0.2, -0.15) is 4.83 Å². The zero-order chi connectivity index (χ0) is 4.28. The van der Waals surface area contributed by atoms with Crippen molar-refractivity contribution in [3.8, 4) is 0 Å². The van der Waals surface area contributed by atoms with Gasteiger partial charge in [-0.15, -0.1) is 0 Å². The van der Waals surface area contributed by atoms with E-state index in [1.165, 1.54) is 4.83 Å². The Morgan fingerprint density at radius 3 is 1.67 bits per heavy atom. The van der Waals surface area contributed by atoms with Gasteiger partial charge >= 0.3 is 51.4 Å². The van der Waals surface area contributed by atoms with Crippen molar-refractivity contribution in [1.82, 2.24) is 4.83 Å². The van der Waals surface area contributed by atoms with Gasteiger partial charge in [-0.3, -0.25) is 5.84 Å². The molecule has 0 radical (unpaired) electrons. The summed E-state index contributed by atoms with van der Waals surface area (Å²) in [4.78, 5) is 1.48. The van der Waals surface area contributed by atoms with Gasteiger partial charge in [-0.25, -0.2) is 8.42 Å². The summed E-state index contributed by atoms with van der Waals surface area (Å²) in [6.45, 7) is 0. The molecule has 0 unspecified atom stereocenters. The first-order chi connectivity index (χ1) is 2.27. The second kappa shape index (κ2) is 6.51. The molecular formula is H5KN2O2S. The summed E-state index contributed by atoms with van der Waals surface area (Å²) >= 11 is 0. The van der Waals surface area contributed by atoms with Crippen LogP contribution < -0.4 is 10.7 Å². The Balaban J connectivity index is 0. The Morgan fingerprint density at radius 2 is 1.67 bits per heavy atom. The third-order valence-electron chi connectivity index (χ3n) is 0.105. The molecule has 0 aliphatic heterocycles. The molecule has 0 atom stereocenters. The predicted octanol–water partition coefficient (Wildman–Crippen LogP) is -2.67. The molecule has 4 nitrogen and oxygen atoms in total. The van der Waals surface area contributed by atoms with Gasteiger partial charge in [0.1, 0.15) is 0 Å². The normalized spacial score (nSPS) is 7.67. The van der Waals surface area contributed by atoms with E-state index in [2.05, 4.69) is 5.84 Å². The Kier molecular flexibility index (Phi) is 11.4. The summed E-state index contributed by atoms with van der Waals surface area (Å²) < 4.78 is 18.3. The molecule has 0 spiro atoms. The van der Waals surface area contributed by atoms with Gasteiger partial charge in [0, 0.05) is 0 Å². The Labute approximate surface area is 79.9 Å². The van der Waals surface area contributed by atoms with Crippen LogP contribution in [-0.2, 0) is 10.9 Å². The topological polar surface area (TPSA) is 72.2 Å². The van der Waals surface area contributed by atoms with Gasteiger partial charge in [0.15, 0.2) is 0 Å². The molecule has 0 saturated carbocycles. The Hall–Kier alpha value is 1.51. The first-order valence-electron chi connectivity index (χ1n) is 0.877. The molecule has 0 amide bonds. The third kappa shape index (κ3) is 9.10. The van der Waals surface area contributed by atoms with Gasteiger partial charge in [0.25, 0.3) is 0 Å². The molecule has 0 bridgehead atoms. The Bertz CT molecular complexity index is 69.6. The summed E-state index contributed by atoms with van der Waals surface area (Å²) in [5.74, 6) is 4.33. The van der Waals surface area contributed by atoms with E-state index in [0.29, 0.717) is 0 Å². The fourth-order valence-corrected chi connectivity index (χ4v) is 0. The van der Waals surface area contributed by atoms with Crippen LogP contribution in [-0.4, -0.2) is 59.8 Å². The number of nitrogens with one attached hydrogen (secondary N) is 1. The van der Waals surface area contributed by atoms with Crippen molar-refractivity contribution in [1.29, 1.82) is 0 Å². The van der Waals surface area contributed by atoms with Crippen LogP contribution in [0.5, 0.6) is 0 Å². The fraction of sp³-hybridized carbons (Fsp3) is 0. The van der Waals surface area contributed by atoms with Gasteiger partial charge in [-0.1, -0.05) is 0 Å². The van der Waals surface area contributed by atoms with Crippen LogP contribution in [0.15, 0.2) is 0 Å². The molecule has 0 heterocycles. The van der Waals surface area contributed by atoms with Crippen molar-refractivity contribution in [3.05, 3.63) is 0 Å². The van der Waals surface area contributed by atoms with Crippen LogP contribution >= 0.6 is 0 Å². The van der Waals surface area contributed by atoms with Crippen LogP contribution in [0.3, 0.4) is 0 Å². The van der Waals surface area contributed by atoms with E-state index in [1.807, 2.05) is 0 Å². The van der Waals surface area contributed by atoms with E-state index in [9.17, 15) is 0 Å². The molecule has 0 fully saturated rings. The molecule has 0 aromatic heterocycles. The molecular weight excluding hydrogens is 131 g/mol. The van der Waals surface area contributed by atoms with Crippen LogP contribution in [0.25, 0.3) is 0 Å². The Morgan fingerprint density at radius 1 is 1.50 bits per heavy atom. The van der Waals surface area contributed by atoms with Crippen LogP contribution in [0.4, 0.5) is 0 Å². The average molecular weight is 136 g/mol. The van der Waals surface area contributed by atoms with Gasteiger partial charge in [0.2, 0.25) is 10.9 Å². The van der Waals surface area contributed by atoms with E-state index in [0.717, 1.165) is 0 Å². The molecule has 0 aromatic rings. The van der Waals surface area contributed by atoms with E-state index in [-0.39, 0.29) is 51.4 Å². The molecule has 6 heavy (non-hydrogen) atoms. The van der Waals surface area contributed by atoms with Crippen molar-refractivity contribution in [3.63, 3.8) is 0 Å². The maximum atomic E-state index is 9.17. The van der Waals surface area contributed by atoms with Gasteiger partial charge in [0.05, 0.1) is 0 Å². The van der Waals surface area contributed by atoms with Crippen molar-refractivity contribution in [2.75, 3.05) is 0 Å². The van der Waals surface area contributed by atoms with E-state index in [1.54, 1.807) is 0 Å². The minimum atomic E-state index is -2.57. The number of hydrogen-bond acceptors (Lipinski definition) is 3. The number of nitrogens with two attached hydrogens (primary N) is 1. The molecule has 6 heteroatoms. The maximum absolute atomic E-state index is 9.17. The second-order valence-corrected chi connectivity index (χ2v) is 1.16. The SMILES string of the molecule is NN[SH](=O)=O.[KH]. The van der Waals surface area contributed by atoms with Crippen molar-refractivity contribution in [2.45, 2.75) is 0 Å². The van der Waals surface area contributed by atoms with E-state index in [4.69, 9.17) is 8.42 Å². The summed E-state index contributed by atoms with van der Waals surface area (Å²) in [7, 11) is -2.57. The first-order valence-corrected chi connectivity index (χ1v) is 2.05. The van der Waals surface area contributed by atoms with Crippen molar-refractivity contribution >= 4 is 62.3 Å². The van der Waals surface area contributed by atoms with Gasteiger partial charge < -0.3 is 0 Å². The number of hydrogen-bond donors (Lipinski definition) is 3. The average Bonchev–Trinajstić information content (AvgIpc) is 1.38. The summed E-state index contributed by atoms with van der Waals surface area (Å²) in [6, 6.07) is 0. The second-order valence-electron chi connectivity index (χ2n) is 0.386. The standard InChI is InChI=1S/K.H4N2O2S.H/c;1-2-5(3)4;/h;5H,1H2,(H,2,3,4);. The molecule has 0 saturated heterocycles. The number of hydrazine groups is 1. The van der Waals surface area contributed by atoms with E-state index >= 15 is 0 Å². The zero-order valence-corrected chi connectivity index (χ0v) is 3.24. The molecule has 34 valence electrons. The molecule has 0 rings (SSSR count). The zero-order valence-electron chi connectivity index (χ0n) is 2.34. The molecule has 0 aliphatic rings. The molecule has 0 aliphatic carbocycles. The summed E-state index contributed by atoms with van der Waals surface area (Å²) in [5.41, 5.74) is 0. The van der Waals surface area contributed by atoms with Crippen LogP contribution in [0.2, 0.25) is 0 Å². The van der Waals surface area contributed by atoms with E-state index < -0.39 is 10.9 Å². The molecule has 3 N–H and O–H groups in total. The first kappa shape index (κ1) is 10.5. The predicted molar refractivity (Wildman–Crippen MR) is 24.8 cm³/mol. The summed E-state index contributed by atoms with van der Waals surface area (Å²) in [5, 5.41) is 0. The molecule has 0 aromatic carbocycles. The fourth-order valence-electron chi connectivity index (χ4n) is 0. The quantitative estimate of drug-likeness (QED) is 0.159. The summed E-state index contributed by atoms with van der Waals surface area (Å²) in [6.07, 6.45) is 0. The van der Waals surface area contributed by atoms with Gasteiger partial charge in [-0.05, 0) is 0 Å². The van der Waals surface area contributed by atoms with Crippen LogP contribution in [0.1, 0.15) is 0 Å². The monoisotopic (exact) mass is 136 g/mol. The minimum absolute atomic E-state index is 0. The van der Waals surface area contributed by atoms with Crippen molar-refractivity contribution in [2.24, 2.45) is 5.84 Å².